The molecule has 1 aromatic carbocycles. The summed E-state index contributed by atoms with van der Waals surface area (Å²) in [4.78, 5) is 11.9. The average Bonchev–Trinajstić information content (AvgIpc) is 2.64. The Balaban J connectivity index is 2.23. The number of nitrogens with one attached hydrogen (secondary N) is 2. The van der Waals surface area contributed by atoms with E-state index in [1.165, 1.54) is 6.07 Å². The normalized spacial score (nSPS) is 10.2. The van der Waals surface area contributed by atoms with Gasteiger partial charge in [-0.3, -0.25) is 9.89 Å². The zero-order valence-corrected chi connectivity index (χ0v) is 9.88. The van der Waals surface area contributed by atoms with Crippen LogP contribution in [0.4, 0.5) is 11.5 Å². The van der Waals surface area contributed by atoms with Gasteiger partial charge in [-0.15, -0.1) is 0 Å². The predicted octanol–water partition coefficient (Wildman–Crippen LogP) is 2.21. The summed E-state index contributed by atoms with van der Waals surface area (Å²) in [5.74, 6) is 0.260. The number of halogens is 1. The summed E-state index contributed by atoms with van der Waals surface area (Å²) in [5.41, 5.74) is 7.29. The van der Waals surface area contributed by atoms with Crippen LogP contribution in [0.5, 0.6) is 0 Å². The molecule has 5 nitrogen and oxygen atoms in total. The number of nitrogens with two attached hydrogens (primary N) is 1. The van der Waals surface area contributed by atoms with Crippen LogP contribution in [0.15, 0.2) is 24.4 Å². The van der Waals surface area contributed by atoms with Gasteiger partial charge in [0.05, 0.1) is 11.8 Å². The summed E-state index contributed by atoms with van der Waals surface area (Å²) < 4.78 is 0. The van der Waals surface area contributed by atoms with Crippen molar-refractivity contribution in [1.82, 2.24) is 10.2 Å². The van der Waals surface area contributed by atoms with E-state index < -0.39 is 0 Å². The van der Waals surface area contributed by atoms with Crippen molar-refractivity contribution in [3.63, 3.8) is 0 Å². The Labute approximate surface area is 103 Å². The smallest absolute Gasteiger partial charge is 0.258 e. The molecule has 1 amide bonds. The van der Waals surface area contributed by atoms with Gasteiger partial charge < -0.3 is 11.1 Å². The van der Waals surface area contributed by atoms with Crippen molar-refractivity contribution in [2.45, 2.75) is 6.92 Å². The lowest BCUT2D eigenvalue weighted by molar-refractivity contribution is 0.102. The molecular formula is C11H11ClN4O. The van der Waals surface area contributed by atoms with Crippen LogP contribution >= 0.6 is 11.6 Å². The number of anilines is 2. The standard InChI is InChI=1S/C11H11ClN4O/c1-6-5-14-16-10(6)15-11(17)8-3-2-7(12)4-9(8)13/h2-5H,13H2,1H3,(H2,14,15,16,17). The number of carbonyl (C=O) groups excluding carboxylic acids is 1. The van der Waals surface area contributed by atoms with Crippen LogP contribution in [-0.2, 0) is 0 Å². The molecule has 0 saturated carbocycles. The van der Waals surface area contributed by atoms with Crippen molar-refractivity contribution < 1.29 is 4.79 Å². The Bertz CT molecular complexity index is 564. The average molecular weight is 251 g/mol. The SMILES string of the molecule is Cc1cn[nH]c1NC(=O)c1ccc(Cl)cc1N. The van der Waals surface area contributed by atoms with Gasteiger partial charge in [0, 0.05) is 16.3 Å². The number of amides is 1. The largest absolute Gasteiger partial charge is 0.398 e. The molecule has 0 saturated heterocycles. The molecule has 0 fully saturated rings. The first kappa shape index (κ1) is 11.5. The topological polar surface area (TPSA) is 83.8 Å². The highest BCUT2D eigenvalue weighted by molar-refractivity contribution is 6.31. The van der Waals surface area contributed by atoms with E-state index in [1.54, 1.807) is 18.3 Å². The molecule has 6 heteroatoms. The Kier molecular flexibility index (Phi) is 3.01. The maximum Gasteiger partial charge on any atom is 0.258 e. The van der Waals surface area contributed by atoms with E-state index in [2.05, 4.69) is 15.5 Å². The lowest BCUT2D eigenvalue weighted by Gasteiger charge is -2.06. The zero-order valence-electron chi connectivity index (χ0n) is 9.12. The quantitative estimate of drug-likeness (QED) is 0.715. The van der Waals surface area contributed by atoms with Gasteiger partial charge in [-0.25, -0.2) is 0 Å². The van der Waals surface area contributed by atoms with Gasteiger partial charge in [0.15, 0.2) is 0 Å². The zero-order chi connectivity index (χ0) is 12.4. The number of hydrogen-bond donors (Lipinski definition) is 3. The van der Waals surface area contributed by atoms with E-state index in [0.29, 0.717) is 22.1 Å². The molecule has 0 radical (unpaired) electrons. The second-order valence-electron chi connectivity index (χ2n) is 3.61. The third kappa shape index (κ3) is 2.39. The van der Waals surface area contributed by atoms with Crippen LogP contribution in [0.3, 0.4) is 0 Å². The van der Waals surface area contributed by atoms with Crippen molar-refractivity contribution >= 4 is 29.0 Å². The summed E-state index contributed by atoms with van der Waals surface area (Å²) in [5, 5.41) is 9.68. The van der Waals surface area contributed by atoms with Crippen molar-refractivity contribution in [2.24, 2.45) is 0 Å². The number of carbonyl (C=O) groups is 1. The van der Waals surface area contributed by atoms with Crippen molar-refractivity contribution in [1.29, 1.82) is 0 Å². The minimum Gasteiger partial charge on any atom is -0.398 e. The van der Waals surface area contributed by atoms with Gasteiger partial charge in [-0.1, -0.05) is 11.6 Å². The van der Waals surface area contributed by atoms with E-state index in [0.717, 1.165) is 5.56 Å². The number of benzene rings is 1. The highest BCUT2D eigenvalue weighted by Crippen LogP contribution is 2.19. The van der Waals surface area contributed by atoms with Crippen molar-refractivity contribution in [3.05, 3.63) is 40.5 Å². The third-order valence-corrected chi connectivity index (χ3v) is 2.56. The Morgan fingerprint density at radius 1 is 1.53 bits per heavy atom. The molecule has 0 aliphatic heterocycles. The summed E-state index contributed by atoms with van der Waals surface area (Å²) in [7, 11) is 0. The van der Waals surface area contributed by atoms with Gasteiger partial charge in [-0.2, -0.15) is 5.10 Å². The molecule has 2 aromatic rings. The maximum absolute atomic E-state index is 11.9. The number of hydrogen-bond acceptors (Lipinski definition) is 3. The van der Waals surface area contributed by atoms with Crippen LogP contribution in [-0.4, -0.2) is 16.1 Å². The number of nitrogen functional groups attached to an aromatic ring is 1. The molecular weight excluding hydrogens is 240 g/mol. The Hall–Kier alpha value is -2.01. The minimum atomic E-state index is -0.300. The number of nitrogens with zero attached hydrogens (tertiary/aromatic N) is 1. The third-order valence-electron chi connectivity index (χ3n) is 2.33. The van der Waals surface area contributed by atoms with E-state index in [4.69, 9.17) is 17.3 Å². The van der Waals surface area contributed by atoms with E-state index >= 15 is 0 Å². The van der Waals surface area contributed by atoms with E-state index in [9.17, 15) is 4.79 Å². The fourth-order valence-corrected chi connectivity index (χ4v) is 1.57. The van der Waals surface area contributed by atoms with Crippen LogP contribution < -0.4 is 11.1 Å². The Morgan fingerprint density at radius 2 is 2.29 bits per heavy atom. The predicted molar refractivity (Wildman–Crippen MR) is 67.1 cm³/mol. The van der Waals surface area contributed by atoms with Gasteiger partial charge in [0.25, 0.3) is 5.91 Å². The highest BCUT2D eigenvalue weighted by Gasteiger charge is 2.12. The second kappa shape index (κ2) is 4.47. The van der Waals surface area contributed by atoms with Crippen LogP contribution in [0.1, 0.15) is 15.9 Å². The molecule has 4 N–H and O–H groups in total. The van der Waals surface area contributed by atoms with Gasteiger partial charge in [-0.05, 0) is 25.1 Å². The molecule has 1 heterocycles. The fraction of sp³-hybridized carbons (Fsp3) is 0.0909. The molecule has 0 spiro atoms. The van der Waals surface area contributed by atoms with E-state index in [1.807, 2.05) is 6.92 Å². The number of aryl methyl sites for hydroxylation is 1. The molecule has 2 rings (SSSR count). The summed E-state index contributed by atoms with van der Waals surface area (Å²) in [6, 6.07) is 4.74. The molecule has 0 unspecified atom stereocenters. The Morgan fingerprint density at radius 3 is 2.88 bits per heavy atom. The van der Waals surface area contributed by atoms with Crippen LogP contribution in [0.2, 0.25) is 5.02 Å². The molecule has 1 aromatic heterocycles. The summed E-state index contributed by atoms with van der Waals surface area (Å²) >= 11 is 5.76. The van der Waals surface area contributed by atoms with Gasteiger partial charge >= 0.3 is 0 Å². The molecule has 17 heavy (non-hydrogen) atoms. The van der Waals surface area contributed by atoms with Crippen LogP contribution in [0.25, 0.3) is 0 Å². The molecule has 88 valence electrons. The second-order valence-corrected chi connectivity index (χ2v) is 4.05. The van der Waals surface area contributed by atoms with Gasteiger partial charge in [0.1, 0.15) is 5.82 Å². The van der Waals surface area contributed by atoms with Crippen molar-refractivity contribution in [3.8, 4) is 0 Å². The highest BCUT2D eigenvalue weighted by atomic mass is 35.5. The molecule has 0 aliphatic rings. The lowest BCUT2D eigenvalue weighted by atomic mass is 10.1. The number of aromatic amines is 1. The van der Waals surface area contributed by atoms with E-state index in [-0.39, 0.29) is 5.91 Å². The van der Waals surface area contributed by atoms with Gasteiger partial charge in [0.2, 0.25) is 0 Å². The van der Waals surface area contributed by atoms with Crippen LogP contribution in [0, 0.1) is 6.92 Å². The number of rotatable bonds is 2. The summed E-state index contributed by atoms with van der Waals surface area (Å²) in [6.07, 6.45) is 1.63. The first-order valence-electron chi connectivity index (χ1n) is 4.94. The molecule has 0 bridgehead atoms. The number of H-pyrrole nitrogens is 1. The molecule has 0 atom stereocenters. The monoisotopic (exact) mass is 250 g/mol. The minimum absolute atomic E-state index is 0.300. The number of aromatic nitrogens is 2. The maximum atomic E-state index is 11.9. The summed E-state index contributed by atoms with van der Waals surface area (Å²) in [6.45, 7) is 1.84. The first-order valence-corrected chi connectivity index (χ1v) is 5.32. The molecule has 0 aliphatic carbocycles. The van der Waals surface area contributed by atoms with Crippen molar-refractivity contribution in [2.75, 3.05) is 11.1 Å². The first-order chi connectivity index (χ1) is 8.08. The lowest BCUT2D eigenvalue weighted by Crippen LogP contribution is -2.14. The fourth-order valence-electron chi connectivity index (χ4n) is 1.39.